The fraction of sp³-hybridized carbons (Fsp3) is 0.0625. The van der Waals surface area contributed by atoms with Crippen LogP contribution in [0.2, 0.25) is 0 Å². The molecule has 0 unspecified atom stereocenters. The molecule has 0 aliphatic heterocycles. The van der Waals surface area contributed by atoms with E-state index in [1.54, 1.807) is 0 Å². The van der Waals surface area contributed by atoms with E-state index in [1.165, 1.54) is 89.0 Å². The molecule has 0 fully saturated rings. The van der Waals surface area contributed by atoms with Crippen LogP contribution in [0, 0.1) is 0 Å². The van der Waals surface area contributed by atoms with Gasteiger partial charge in [0.25, 0.3) is 0 Å². The van der Waals surface area contributed by atoms with E-state index in [2.05, 4.69) is 267 Å². The first-order valence-corrected chi connectivity index (χ1v) is 22.7. The lowest BCUT2D eigenvalue weighted by atomic mass is 9.55. The van der Waals surface area contributed by atoms with Crippen molar-refractivity contribution in [2.45, 2.75) is 24.7 Å². The highest BCUT2D eigenvalue weighted by Gasteiger charge is 2.53. The zero-order valence-electron chi connectivity index (χ0n) is 36.6. The number of rotatable bonds is 7. The van der Waals surface area contributed by atoms with Gasteiger partial charge >= 0.3 is 0 Å². The Morgan fingerprint density at radius 2 is 0.554 bits per heavy atom. The zero-order valence-corrected chi connectivity index (χ0v) is 36.6. The summed E-state index contributed by atoms with van der Waals surface area (Å²) in [5.41, 5.74) is 23.4. The minimum absolute atomic E-state index is 0.123. The number of benzene rings is 10. The SMILES string of the molecule is CC1(C)c2ccccc2C2(c3ccccc3-c3ccc(-c4ccc(-c5ccc(N(c6ccc(-c7ccccc7)cc6)c6ccc(-c7ccccc7)cc6)cc5)cc4)cc32)c2ccccc21. The van der Waals surface area contributed by atoms with E-state index in [9.17, 15) is 0 Å². The van der Waals surface area contributed by atoms with Crippen LogP contribution in [0.25, 0.3) is 55.6 Å². The highest BCUT2D eigenvalue weighted by Crippen LogP contribution is 2.62. The Kier molecular flexibility index (Phi) is 9.14. The highest BCUT2D eigenvalue weighted by atomic mass is 15.1. The third kappa shape index (κ3) is 6.22. The van der Waals surface area contributed by atoms with Gasteiger partial charge in [-0.05, 0) is 131 Å². The second-order valence-electron chi connectivity index (χ2n) is 18.1. The Bertz CT molecular complexity index is 3210. The summed E-state index contributed by atoms with van der Waals surface area (Å²) >= 11 is 0. The molecule has 1 nitrogen and oxygen atoms in total. The molecular formula is C64H47N. The first-order chi connectivity index (χ1) is 32.0. The summed E-state index contributed by atoms with van der Waals surface area (Å²) in [6.45, 7) is 4.77. The Morgan fingerprint density at radius 1 is 0.246 bits per heavy atom. The molecule has 0 saturated carbocycles. The molecule has 2 aliphatic carbocycles. The van der Waals surface area contributed by atoms with Crippen molar-refractivity contribution in [3.05, 3.63) is 282 Å². The molecule has 0 saturated heterocycles. The normalized spacial score (nSPS) is 13.6. The van der Waals surface area contributed by atoms with E-state index in [1.807, 2.05) is 0 Å². The lowest BCUT2D eigenvalue weighted by molar-refractivity contribution is 0.563. The number of anilines is 3. The summed E-state index contributed by atoms with van der Waals surface area (Å²) < 4.78 is 0. The lowest BCUT2D eigenvalue weighted by Gasteiger charge is -2.46. The topological polar surface area (TPSA) is 3.24 Å². The van der Waals surface area contributed by atoms with Crippen LogP contribution in [0.4, 0.5) is 17.1 Å². The first-order valence-electron chi connectivity index (χ1n) is 22.7. The standard InChI is InChI=1S/C64H47N/c1-63(2)58-21-11-13-23-60(58)64(61-24-14-12-22-59(61)63)57-20-10-9-19-55(57)56-42-35-51(43-62(56)64)50-27-25-46(26-28-50)49-33-40-54(41-34-49)65(52-36-29-47(30-37-52)44-15-5-3-6-16-44)53-38-31-48(32-39-53)45-17-7-4-8-18-45/h3-43H,1-2H3. The quantitative estimate of drug-likeness (QED) is 0.155. The molecule has 0 heterocycles. The van der Waals surface area contributed by atoms with Crippen LogP contribution in [-0.4, -0.2) is 0 Å². The van der Waals surface area contributed by atoms with Crippen molar-refractivity contribution >= 4 is 17.1 Å². The summed E-state index contributed by atoms with van der Waals surface area (Å²) in [6.07, 6.45) is 0. The van der Waals surface area contributed by atoms with Gasteiger partial charge in [-0.3, -0.25) is 0 Å². The predicted octanol–water partition coefficient (Wildman–Crippen LogP) is 16.8. The van der Waals surface area contributed by atoms with Gasteiger partial charge in [0.1, 0.15) is 0 Å². The predicted molar refractivity (Wildman–Crippen MR) is 272 cm³/mol. The van der Waals surface area contributed by atoms with Crippen molar-refractivity contribution in [2.24, 2.45) is 0 Å². The summed E-state index contributed by atoms with van der Waals surface area (Å²) in [6, 6.07) is 91.7. The van der Waals surface area contributed by atoms with E-state index < -0.39 is 5.41 Å². The summed E-state index contributed by atoms with van der Waals surface area (Å²) in [5.74, 6) is 0. The monoisotopic (exact) mass is 829 g/mol. The van der Waals surface area contributed by atoms with Gasteiger partial charge in [-0.2, -0.15) is 0 Å². The summed E-state index contributed by atoms with van der Waals surface area (Å²) in [5, 5.41) is 0. The van der Waals surface area contributed by atoms with Gasteiger partial charge in [0.05, 0.1) is 5.41 Å². The van der Waals surface area contributed by atoms with Crippen molar-refractivity contribution in [2.75, 3.05) is 4.90 Å². The number of fused-ring (bicyclic) bond motifs is 9. The molecule has 0 atom stereocenters. The highest BCUT2D eigenvalue weighted by molar-refractivity contribution is 5.90. The first kappa shape index (κ1) is 38.7. The summed E-state index contributed by atoms with van der Waals surface area (Å²) in [7, 11) is 0. The van der Waals surface area contributed by atoms with Gasteiger partial charge in [-0.1, -0.05) is 220 Å². The average Bonchev–Trinajstić information content (AvgIpc) is 3.67. The molecule has 10 aromatic rings. The average molecular weight is 830 g/mol. The zero-order chi connectivity index (χ0) is 43.5. The molecule has 1 heteroatoms. The van der Waals surface area contributed by atoms with E-state index >= 15 is 0 Å². The van der Waals surface area contributed by atoms with Crippen molar-refractivity contribution in [3.8, 4) is 55.6 Å². The second-order valence-corrected chi connectivity index (χ2v) is 18.1. The van der Waals surface area contributed by atoms with E-state index in [0.717, 1.165) is 17.1 Å². The minimum Gasteiger partial charge on any atom is -0.311 e. The number of hydrogen-bond donors (Lipinski definition) is 0. The molecule has 1 spiro atoms. The third-order valence-electron chi connectivity index (χ3n) is 14.2. The maximum Gasteiger partial charge on any atom is 0.0719 e. The lowest BCUT2D eigenvalue weighted by Crippen LogP contribution is -2.40. The molecule has 12 rings (SSSR count). The maximum atomic E-state index is 2.48. The minimum atomic E-state index is -0.409. The molecule has 2 aliphatic rings. The number of hydrogen-bond acceptors (Lipinski definition) is 1. The van der Waals surface area contributed by atoms with Crippen molar-refractivity contribution in [1.82, 2.24) is 0 Å². The van der Waals surface area contributed by atoms with Gasteiger partial charge < -0.3 is 4.90 Å². The van der Waals surface area contributed by atoms with Crippen molar-refractivity contribution < 1.29 is 0 Å². The fourth-order valence-electron chi connectivity index (χ4n) is 11.0. The van der Waals surface area contributed by atoms with Crippen LogP contribution in [0.5, 0.6) is 0 Å². The molecule has 10 aromatic carbocycles. The van der Waals surface area contributed by atoms with Crippen LogP contribution in [0.1, 0.15) is 47.2 Å². The molecule has 308 valence electrons. The van der Waals surface area contributed by atoms with Gasteiger partial charge in [-0.15, -0.1) is 0 Å². The molecular weight excluding hydrogens is 783 g/mol. The van der Waals surface area contributed by atoms with Crippen LogP contribution in [0.3, 0.4) is 0 Å². The van der Waals surface area contributed by atoms with Gasteiger partial charge in [0.2, 0.25) is 0 Å². The smallest absolute Gasteiger partial charge is 0.0719 e. The molecule has 0 radical (unpaired) electrons. The Morgan fingerprint density at radius 3 is 1.00 bits per heavy atom. The molecule has 65 heavy (non-hydrogen) atoms. The van der Waals surface area contributed by atoms with Gasteiger partial charge in [0.15, 0.2) is 0 Å². The largest absolute Gasteiger partial charge is 0.311 e. The van der Waals surface area contributed by atoms with Crippen LogP contribution < -0.4 is 4.90 Å². The van der Waals surface area contributed by atoms with E-state index in [4.69, 9.17) is 0 Å². The third-order valence-corrected chi connectivity index (χ3v) is 14.2. The van der Waals surface area contributed by atoms with Crippen LogP contribution >= 0.6 is 0 Å². The number of nitrogens with zero attached hydrogens (tertiary/aromatic N) is 1. The maximum absolute atomic E-state index is 2.48. The van der Waals surface area contributed by atoms with Crippen LogP contribution in [-0.2, 0) is 10.8 Å². The van der Waals surface area contributed by atoms with Gasteiger partial charge in [-0.25, -0.2) is 0 Å². The summed E-state index contributed by atoms with van der Waals surface area (Å²) in [4.78, 5) is 2.35. The van der Waals surface area contributed by atoms with E-state index in [0.29, 0.717) is 0 Å². The van der Waals surface area contributed by atoms with Crippen LogP contribution in [0.15, 0.2) is 249 Å². The molecule has 0 N–H and O–H groups in total. The van der Waals surface area contributed by atoms with Crippen molar-refractivity contribution in [1.29, 1.82) is 0 Å². The fourth-order valence-corrected chi connectivity index (χ4v) is 11.0. The van der Waals surface area contributed by atoms with Gasteiger partial charge in [0, 0.05) is 22.5 Å². The van der Waals surface area contributed by atoms with E-state index in [-0.39, 0.29) is 5.41 Å². The Hall–Kier alpha value is -8.00. The Labute approximate surface area is 382 Å². The molecule has 0 aromatic heterocycles. The molecule has 0 amide bonds. The second kappa shape index (κ2) is 15.4. The Balaban J connectivity index is 0.893. The molecule has 0 bridgehead atoms. The van der Waals surface area contributed by atoms with Crippen molar-refractivity contribution in [3.63, 3.8) is 0 Å².